The Morgan fingerprint density at radius 3 is 2.18 bits per heavy atom. The molecule has 33 heavy (non-hydrogen) atoms. The third kappa shape index (κ3) is 5.35. The molecule has 174 valence electrons. The number of nitrogens with one attached hydrogen (secondary N) is 2. The number of rotatable bonds is 6. The van der Waals surface area contributed by atoms with Crippen LogP contribution in [0.2, 0.25) is 0 Å². The van der Waals surface area contributed by atoms with E-state index in [1.807, 2.05) is 24.3 Å². The van der Waals surface area contributed by atoms with Crippen molar-refractivity contribution in [3.63, 3.8) is 0 Å². The predicted molar refractivity (Wildman–Crippen MR) is 125 cm³/mol. The Bertz CT molecular complexity index is 986. The van der Waals surface area contributed by atoms with Crippen LogP contribution in [0, 0.1) is 0 Å². The number of carbonyl (C=O) groups excluding carboxylic acids is 3. The van der Waals surface area contributed by atoms with E-state index in [0.717, 1.165) is 32.1 Å². The summed E-state index contributed by atoms with van der Waals surface area (Å²) in [6.07, 6.45) is 4.71. The number of nitrogens with zero attached hydrogens (tertiary/aromatic N) is 1. The van der Waals surface area contributed by atoms with Crippen molar-refractivity contribution >= 4 is 17.7 Å². The van der Waals surface area contributed by atoms with E-state index in [4.69, 9.17) is 4.74 Å². The maximum absolute atomic E-state index is 13.1. The minimum Gasteiger partial charge on any atom is -0.496 e. The smallest absolute Gasteiger partial charge is 0.258 e. The van der Waals surface area contributed by atoms with Crippen LogP contribution in [-0.2, 0) is 4.79 Å². The number of methoxy groups -OCH3 is 1. The van der Waals surface area contributed by atoms with Gasteiger partial charge in [-0.1, -0.05) is 30.3 Å². The zero-order valence-corrected chi connectivity index (χ0v) is 19.0. The van der Waals surface area contributed by atoms with Crippen LogP contribution in [-0.4, -0.2) is 54.4 Å². The monoisotopic (exact) mass is 449 g/mol. The van der Waals surface area contributed by atoms with Gasteiger partial charge in [-0.3, -0.25) is 14.4 Å². The molecule has 2 aromatic carbocycles. The van der Waals surface area contributed by atoms with E-state index in [0.29, 0.717) is 29.8 Å². The van der Waals surface area contributed by atoms with Gasteiger partial charge in [-0.2, -0.15) is 0 Å². The van der Waals surface area contributed by atoms with Crippen molar-refractivity contribution in [1.82, 2.24) is 15.5 Å². The minimum absolute atomic E-state index is 0.0560. The van der Waals surface area contributed by atoms with Crippen molar-refractivity contribution in [2.24, 2.45) is 0 Å². The number of hydrogen-bond donors (Lipinski definition) is 2. The summed E-state index contributed by atoms with van der Waals surface area (Å²) in [5.74, 6) is 0.203. The van der Waals surface area contributed by atoms with Gasteiger partial charge in [0.2, 0.25) is 5.91 Å². The van der Waals surface area contributed by atoms with Gasteiger partial charge >= 0.3 is 0 Å². The second-order valence-electron chi connectivity index (χ2n) is 8.75. The van der Waals surface area contributed by atoms with E-state index in [1.54, 1.807) is 42.3 Å². The Kier molecular flexibility index (Phi) is 7.27. The second kappa shape index (κ2) is 10.5. The number of ether oxygens (including phenoxy) is 1. The van der Waals surface area contributed by atoms with Gasteiger partial charge in [0, 0.05) is 24.2 Å². The van der Waals surface area contributed by atoms with Crippen LogP contribution in [0.15, 0.2) is 54.6 Å². The van der Waals surface area contributed by atoms with Gasteiger partial charge in [-0.05, 0) is 62.8 Å². The molecule has 0 unspecified atom stereocenters. The molecule has 7 heteroatoms. The maximum Gasteiger partial charge on any atom is 0.258 e. The summed E-state index contributed by atoms with van der Waals surface area (Å²) < 4.78 is 5.33. The largest absolute Gasteiger partial charge is 0.496 e. The van der Waals surface area contributed by atoms with Crippen LogP contribution in [0.5, 0.6) is 5.75 Å². The average Bonchev–Trinajstić information content (AvgIpc) is 3.35. The summed E-state index contributed by atoms with van der Waals surface area (Å²) in [6.45, 7) is 0.563. The summed E-state index contributed by atoms with van der Waals surface area (Å²) in [5.41, 5.74) is 1.14. The highest BCUT2D eigenvalue weighted by Crippen LogP contribution is 2.26. The Labute approximate surface area is 194 Å². The van der Waals surface area contributed by atoms with Crippen LogP contribution in [0.25, 0.3) is 0 Å². The van der Waals surface area contributed by atoms with Gasteiger partial charge in [0.1, 0.15) is 11.8 Å². The topological polar surface area (TPSA) is 87.7 Å². The fraction of sp³-hybridized carbons (Fsp3) is 0.423. The summed E-state index contributed by atoms with van der Waals surface area (Å²) in [5, 5.41) is 6.25. The van der Waals surface area contributed by atoms with Crippen molar-refractivity contribution in [1.29, 1.82) is 0 Å². The number of hydrogen-bond acceptors (Lipinski definition) is 4. The molecule has 2 aliphatic rings. The molecule has 4 rings (SSSR count). The molecule has 0 bridgehead atoms. The first kappa shape index (κ1) is 22.8. The number of carbonyl (C=O) groups is 3. The van der Waals surface area contributed by atoms with Gasteiger partial charge in [0.15, 0.2) is 0 Å². The SMILES string of the molecule is COc1ccccc1C(=O)N1CCC[C@@H]1C(=O)NC1CCC(NC(=O)c2ccccc2)CC1. The molecule has 2 aromatic rings. The van der Waals surface area contributed by atoms with E-state index in [-0.39, 0.29) is 29.8 Å². The van der Waals surface area contributed by atoms with E-state index in [1.165, 1.54) is 0 Å². The highest BCUT2D eigenvalue weighted by Gasteiger charge is 2.36. The Hall–Kier alpha value is -3.35. The van der Waals surface area contributed by atoms with Crippen molar-refractivity contribution in [2.45, 2.75) is 56.7 Å². The summed E-state index contributed by atoms with van der Waals surface area (Å²) in [7, 11) is 1.54. The molecular weight excluding hydrogens is 418 g/mol. The lowest BCUT2D eigenvalue weighted by Gasteiger charge is -2.32. The molecule has 1 aliphatic heterocycles. The number of benzene rings is 2. The molecule has 2 fully saturated rings. The van der Waals surface area contributed by atoms with Crippen LogP contribution < -0.4 is 15.4 Å². The normalized spacial score (nSPS) is 22.5. The van der Waals surface area contributed by atoms with Crippen molar-refractivity contribution in [2.75, 3.05) is 13.7 Å². The molecular formula is C26H31N3O4. The van der Waals surface area contributed by atoms with E-state index < -0.39 is 6.04 Å². The number of amides is 3. The Morgan fingerprint density at radius 1 is 0.848 bits per heavy atom. The molecule has 3 amide bonds. The minimum atomic E-state index is -0.460. The lowest BCUT2D eigenvalue weighted by molar-refractivity contribution is -0.125. The zero-order chi connectivity index (χ0) is 23.2. The van der Waals surface area contributed by atoms with Gasteiger partial charge in [-0.15, -0.1) is 0 Å². The second-order valence-corrected chi connectivity index (χ2v) is 8.75. The van der Waals surface area contributed by atoms with Gasteiger partial charge in [0.05, 0.1) is 12.7 Å². The molecule has 1 atom stereocenters. The van der Waals surface area contributed by atoms with E-state index in [9.17, 15) is 14.4 Å². The molecule has 0 spiro atoms. The fourth-order valence-electron chi connectivity index (χ4n) is 4.80. The van der Waals surface area contributed by atoms with Crippen LogP contribution in [0.1, 0.15) is 59.2 Å². The lowest BCUT2D eigenvalue weighted by atomic mass is 9.90. The Balaban J connectivity index is 1.29. The third-order valence-electron chi connectivity index (χ3n) is 6.60. The first-order chi connectivity index (χ1) is 16.1. The van der Waals surface area contributed by atoms with Crippen molar-refractivity contribution in [3.8, 4) is 5.75 Å². The first-order valence-electron chi connectivity index (χ1n) is 11.7. The van der Waals surface area contributed by atoms with Gasteiger partial charge in [-0.25, -0.2) is 0 Å². The zero-order valence-electron chi connectivity index (χ0n) is 19.0. The molecule has 7 nitrogen and oxygen atoms in total. The van der Waals surface area contributed by atoms with Crippen molar-refractivity contribution < 1.29 is 19.1 Å². The molecule has 1 heterocycles. The van der Waals surface area contributed by atoms with E-state index in [2.05, 4.69) is 10.6 Å². The summed E-state index contributed by atoms with van der Waals surface area (Å²) >= 11 is 0. The van der Waals surface area contributed by atoms with Crippen molar-refractivity contribution in [3.05, 3.63) is 65.7 Å². The summed E-state index contributed by atoms with van der Waals surface area (Å²) in [6, 6.07) is 16.0. The molecule has 0 radical (unpaired) electrons. The molecule has 1 saturated carbocycles. The average molecular weight is 450 g/mol. The number of likely N-dealkylation sites (tertiary alicyclic amines) is 1. The fourth-order valence-corrected chi connectivity index (χ4v) is 4.80. The standard InChI is InChI=1S/C26H31N3O4/c1-33-23-12-6-5-10-21(23)26(32)29-17-7-11-22(29)25(31)28-20-15-13-19(14-16-20)27-24(30)18-8-3-2-4-9-18/h2-6,8-10,12,19-20,22H,7,11,13-17H2,1H3,(H,27,30)(H,28,31)/t19?,20?,22-/m1/s1. The van der Waals surface area contributed by atoms with E-state index >= 15 is 0 Å². The highest BCUT2D eigenvalue weighted by molar-refractivity contribution is 6.00. The predicted octanol–water partition coefficient (Wildman–Crippen LogP) is 3.16. The quantitative estimate of drug-likeness (QED) is 0.709. The van der Waals surface area contributed by atoms with Gasteiger partial charge in [0.25, 0.3) is 11.8 Å². The molecule has 1 saturated heterocycles. The molecule has 1 aliphatic carbocycles. The lowest BCUT2D eigenvalue weighted by Crippen LogP contribution is -2.50. The first-order valence-corrected chi connectivity index (χ1v) is 11.7. The Morgan fingerprint density at radius 2 is 1.48 bits per heavy atom. The van der Waals surface area contributed by atoms with Gasteiger partial charge < -0.3 is 20.3 Å². The third-order valence-corrected chi connectivity index (χ3v) is 6.60. The molecule has 0 aromatic heterocycles. The van der Waals surface area contributed by atoms with Crippen LogP contribution in [0.4, 0.5) is 0 Å². The molecule has 2 N–H and O–H groups in total. The van der Waals surface area contributed by atoms with Crippen LogP contribution >= 0.6 is 0 Å². The number of para-hydroxylation sites is 1. The maximum atomic E-state index is 13.1. The van der Waals surface area contributed by atoms with Crippen LogP contribution in [0.3, 0.4) is 0 Å². The highest BCUT2D eigenvalue weighted by atomic mass is 16.5. The summed E-state index contributed by atoms with van der Waals surface area (Å²) in [4.78, 5) is 40.2.